The van der Waals surface area contributed by atoms with Crippen LogP contribution in [-0.4, -0.2) is 44.2 Å². The van der Waals surface area contributed by atoms with E-state index in [2.05, 4.69) is 21.4 Å². The number of hydrogen-bond donors (Lipinski definition) is 1. The molecule has 1 N–H and O–H groups in total. The highest BCUT2D eigenvalue weighted by Gasteiger charge is 2.46. The molecular formula is C28H27ClN6O3S. The summed E-state index contributed by atoms with van der Waals surface area (Å²) in [6, 6.07) is 3.78. The van der Waals surface area contributed by atoms with Crippen LogP contribution in [0, 0.1) is 23.2 Å². The predicted molar refractivity (Wildman–Crippen MR) is 148 cm³/mol. The van der Waals surface area contributed by atoms with E-state index in [0.717, 1.165) is 59.2 Å². The van der Waals surface area contributed by atoms with Gasteiger partial charge in [0.15, 0.2) is 5.78 Å². The third kappa shape index (κ3) is 3.81. The number of rotatable bonds is 3. The Bertz CT molecular complexity index is 1640. The van der Waals surface area contributed by atoms with Gasteiger partial charge in [-0.05, 0) is 43.7 Å². The number of nitriles is 1. The minimum atomic E-state index is -0.489. The molecule has 0 radical (unpaired) electrons. The summed E-state index contributed by atoms with van der Waals surface area (Å²) >= 11 is 8.19. The summed E-state index contributed by atoms with van der Waals surface area (Å²) in [4.78, 5) is 52.5. The van der Waals surface area contributed by atoms with E-state index in [4.69, 9.17) is 16.9 Å². The van der Waals surface area contributed by atoms with Gasteiger partial charge in [0.25, 0.3) is 5.56 Å². The normalized spacial score (nSPS) is 21.9. The predicted octanol–water partition coefficient (Wildman–Crippen LogP) is 4.58. The number of likely N-dealkylation sites (tertiary alicyclic amines) is 1. The Balaban J connectivity index is 1.22. The van der Waals surface area contributed by atoms with E-state index >= 15 is 0 Å². The van der Waals surface area contributed by atoms with E-state index in [9.17, 15) is 14.4 Å². The quantitative estimate of drug-likeness (QED) is 0.496. The van der Waals surface area contributed by atoms with Crippen LogP contribution in [0.2, 0.25) is 5.02 Å². The lowest BCUT2D eigenvalue weighted by atomic mass is 9.80. The number of aromatic nitrogens is 3. The number of nitrogens with zero attached hydrogens (tertiary/aromatic N) is 5. The van der Waals surface area contributed by atoms with Crippen LogP contribution in [0.3, 0.4) is 0 Å². The van der Waals surface area contributed by atoms with Crippen molar-refractivity contribution in [3.63, 3.8) is 0 Å². The van der Waals surface area contributed by atoms with Crippen LogP contribution in [0.1, 0.15) is 65.9 Å². The molecule has 1 saturated heterocycles. The van der Waals surface area contributed by atoms with Crippen molar-refractivity contribution < 1.29 is 9.59 Å². The molecule has 11 heteroatoms. The van der Waals surface area contributed by atoms with Crippen molar-refractivity contribution in [3.05, 3.63) is 43.9 Å². The molecule has 3 aromatic heterocycles. The maximum atomic E-state index is 13.8. The molecule has 0 aromatic carbocycles. The maximum absolute atomic E-state index is 13.8. The highest BCUT2D eigenvalue weighted by atomic mass is 35.5. The number of thiophene rings is 1. The molecule has 0 bridgehead atoms. The van der Waals surface area contributed by atoms with Gasteiger partial charge in [-0.1, -0.05) is 30.9 Å². The highest BCUT2D eigenvalue weighted by Crippen LogP contribution is 2.45. The number of hydrogen-bond acceptors (Lipinski definition) is 8. The van der Waals surface area contributed by atoms with Crippen molar-refractivity contribution in [3.8, 4) is 6.07 Å². The van der Waals surface area contributed by atoms with Crippen molar-refractivity contribution >= 4 is 56.4 Å². The zero-order valence-electron chi connectivity index (χ0n) is 21.3. The van der Waals surface area contributed by atoms with Crippen molar-refractivity contribution in [1.29, 1.82) is 5.26 Å². The fraction of sp³-hybridized carbons (Fsp3) is 0.500. The lowest BCUT2D eigenvalue weighted by Crippen LogP contribution is -2.52. The first-order valence-corrected chi connectivity index (χ1v) is 14.8. The molecule has 7 rings (SSSR count). The van der Waals surface area contributed by atoms with E-state index < -0.39 is 5.54 Å². The number of carbonyl (C=O) groups excluding carboxylic acids is 2. The van der Waals surface area contributed by atoms with Crippen molar-refractivity contribution in [2.75, 3.05) is 18.4 Å². The summed E-state index contributed by atoms with van der Waals surface area (Å²) in [5.41, 5.74) is 1.02. The van der Waals surface area contributed by atoms with Crippen LogP contribution in [0.25, 0.3) is 10.2 Å². The largest absolute Gasteiger partial charge is 0.340 e. The number of amides is 1. The summed E-state index contributed by atoms with van der Waals surface area (Å²) in [6.45, 7) is 1.05. The van der Waals surface area contributed by atoms with Crippen LogP contribution in [0.15, 0.2) is 17.2 Å². The SMILES string of the molecule is N#CC1CN(C(=O)[C@H]2CCc3c(sc4ncnc(Nc5cc(Cl)c6n(c5=O)C5(CCCCC5)CC6=O)c34)C2)C1. The van der Waals surface area contributed by atoms with E-state index in [0.29, 0.717) is 49.6 Å². The number of halogens is 1. The Kier molecular flexibility index (Phi) is 5.79. The molecule has 2 aliphatic carbocycles. The summed E-state index contributed by atoms with van der Waals surface area (Å²) < 4.78 is 1.67. The van der Waals surface area contributed by atoms with Gasteiger partial charge in [0.2, 0.25) is 5.91 Å². The van der Waals surface area contributed by atoms with E-state index in [1.165, 1.54) is 6.33 Å². The first-order valence-electron chi connectivity index (χ1n) is 13.6. The smallest absolute Gasteiger partial charge is 0.275 e. The standard InChI is InChI=1S/C28H27ClN6O3S/c29-18-9-19(27(38)35-23(18)20(36)10-28(35)6-2-1-3-7-28)33-24-22-17-5-4-16(26(37)34-12-15(11-30)13-34)8-21(17)39-25(22)32-14-31-24/h9,14-16H,1-8,10,12-13H2,(H,31,32,33)/t16-/m0/s1. The number of aryl methyl sites for hydroxylation is 1. The Morgan fingerprint density at radius 3 is 2.77 bits per heavy atom. The average Bonchev–Trinajstić information content (AvgIpc) is 3.41. The number of ketones is 1. The lowest BCUT2D eigenvalue weighted by Gasteiger charge is -2.38. The number of pyridine rings is 1. The average molecular weight is 563 g/mol. The van der Waals surface area contributed by atoms with Gasteiger partial charge in [-0.3, -0.25) is 19.0 Å². The molecule has 1 amide bonds. The topological polar surface area (TPSA) is 121 Å². The molecule has 3 aromatic rings. The molecule has 9 nitrogen and oxygen atoms in total. The molecule has 1 spiro atoms. The number of Topliss-reactive ketones (excluding diaryl/α,β-unsaturated/α-hetero) is 1. The van der Waals surface area contributed by atoms with Crippen molar-refractivity contribution in [2.45, 2.75) is 63.3 Å². The Labute approximate surface area is 233 Å². The zero-order valence-corrected chi connectivity index (χ0v) is 22.9. The summed E-state index contributed by atoms with van der Waals surface area (Å²) in [5.74, 6) is 0.453. The van der Waals surface area contributed by atoms with Gasteiger partial charge in [0.05, 0.1) is 27.9 Å². The van der Waals surface area contributed by atoms with Crippen LogP contribution in [0.5, 0.6) is 0 Å². The monoisotopic (exact) mass is 562 g/mol. The second-order valence-corrected chi connectivity index (χ2v) is 12.8. The molecule has 1 saturated carbocycles. The molecule has 200 valence electrons. The van der Waals surface area contributed by atoms with Crippen LogP contribution in [-0.2, 0) is 23.2 Å². The summed E-state index contributed by atoms with van der Waals surface area (Å²) in [5, 5.41) is 13.5. The number of anilines is 2. The summed E-state index contributed by atoms with van der Waals surface area (Å²) in [6.07, 6.45) is 8.57. The number of carbonyl (C=O) groups is 2. The molecule has 5 heterocycles. The molecular weight excluding hydrogens is 536 g/mol. The van der Waals surface area contributed by atoms with E-state index in [1.807, 2.05) is 0 Å². The van der Waals surface area contributed by atoms with Gasteiger partial charge >= 0.3 is 0 Å². The second kappa shape index (κ2) is 9.14. The van der Waals surface area contributed by atoms with E-state index in [1.54, 1.807) is 26.9 Å². The van der Waals surface area contributed by atoms with Crippen molar-refractivity contribution in [2.24, 2.45) is 11.8 Å². The zero-order chi connectivity index (χ0) is 26.9. The molecule has 0 unspecified atom stereocenters. The minimum absolute atomic E-state index is 0.0516. The van der Waals surface area contributed by atoms with Gasteiger partial charge in [-0.2, -0.15) is 5.26 Å². The Morgan fingerprint density at radius 1 is 1.21 bits per heavy atom. The summed E-state index contributed by atoms with van der Waals surface area (Å²) in [7, 11) is 0. The number of nitrogens with one attached hydrogen (secondary N) is 1. The highest BCUT2D eigenvalue weighted by molar-refractivity contribution is 7.19. The fourth-order valence-corrected chi connectivity index (χ4v) is 8.57. The first-order chi connectivity index (χ1) is 18.9. The number of fused-ring (bicyclic) bond motifs is 5. The molecule has 39 heavy (non-hydrogen) atoms. The van der Waals surface area contributed by atoms with Gasteiger partial charge < -0.3 is 10.2 Å². The van der Waals surface area contributed by atoms with Crippen LogP contribution < -0.4 is 10.9 Å². The molecule has 2 aliphatic heterocycles. The third-order valence-electron chi connectivity index (χ3n) is 8.99. The van der Waals surface area contributed by atoms with Gasteiger partial charge in [0, 0.05) is 30.3 Å². The van der Waals surface area contributed by atoms with Crippen LogP contribution >= 0.6 is 22.9 Å². The second-order valence-electron chi connectivity index (χ2n) is 11.3. The Hall–Kier alpha value is -3.29. The van der Waals surface area contributed by atoms with Gasteiger partial charge in [-0.25, -0.2) is 9.97 Å². The first kappa shape index (κ1) is 24.7. The molecule has 1 atom stereocenters. The minimum Gasteiger partial charge on any atom is -0.340 e. The van der Waals surface area contributed by atoms with Gasteiger partial charge in [-0.15, -0.1) is 11.3 Å². The molecule has 4 aliphatic rings. The molecule has 2 fully saturated rings. The lowest BCUT2D eigenvalue weighted by molar-refractivity contribution is -0.141. The maximum Gasteiger partial charge on any atom is 0.275 e. The fourth-order valence-electron chi connectivity index (χ4n) is 7.00. The third-order valence-corrected chi connectivity index (χ3v) is 10.4. The Morgan fingerprint density at radius 2 is 2.00 bits per heavy atom. The van der Waals surface area contributed by atoms with Crippen LogP contribution in [0.4, 0.5) is 11.5 Å². The van der Waals surface area contributed by atoms with Crippen molar-refractivity contribution in [1.82, 2.24) is 19.4 Å². The van der Waals surface area contributed by atoms with E-state index in [-0.39, 0.29) is 34.1 Å². The van der Waals surface area contributed by atoms with Gasteiger partial charge in [0.1, 0.15) is 28.4 Å².